The highest BCUT2D eigenvalue weighted by molar-refractivity contribution is 7.10. The monoisotopic (exact) mass is 295 g/mol. The molecule has 20 heavy (non-hydrogen) atoms. The van der Waals surface area contributed by atoms with Gasteiger partial charge in [0, 0.05) is 11.4 Å². The molecule has 0 aliphatic heterocycles. The second-order valence-corrected chi connectivity index (χ2v) is 6.40. The third-order valence-corrected chi connectivity index (χ3v) is 4.84. The van der Waals surface area contributed by atoms with Gasteiger partial charge in [-0.1, -0.05) is 25.3 Å². The van der Waals surface area contributed by atoms with Crippen molar-refractivity contribution >= 4 is 23.2 Å². The van der Waals surface area contributed by atoms with Gasteiger partial charge < -0.3 is 10.1 Å². The molecule has 4 nitrogen and oxygen atoms in total. The van der Waals surface area contributed by atoms with Gasteiger partial charge in [0.25, 0.3) is 0 Å². The number of carbonyl (C=O) groups excluding carboxylic acids is 2. The molecule has 1 aromatic heterocycles. The first-order valence-electron chi connectivity index (χ1n) is 7.04. The summed E-state index contributed by atoms with van der Waals surface area (Å²) in [7, 11) is 1.42. The number of amides is 1. The molecule has 0 saturated heterocycles. The van der Waals surface area contributed by atoms with Crippen LogP contribution in [0.15, 0.2) is 17.5 Å². The van der Waals surface area contributed by atoms with Crippen molar-refractivity contribution in [2.75, 3.05) is 13.7 Å². The molecule has 0 bridgehead atoms. The lowest BCUT2D eigenvalue weighted by atomic mass is 9.74. The molecule has 2 rings (SSSR count). The number of hydrogen-bond donors (Lipinski definition) is 1. The fraction of sp³-hybridized carbons (Fsp3) is 0.600. The minimum Gasteiger partial charge on any atom is -0.469 e. The normalized spacial score (nSPS) is 17.4. The predicted octanol–water partition coefficient (Wildman–Crippen LogP) is 2.53. The van der Waals surface area contributed by atoms with Gasteiger partial charge in [-0.3, -0.25) is 9.59 Å². The summed E-state index contributed by atoms with van der Waals surface area (Å²) in [5, 5.41) is 4.87. The van der Waals surface area contributed by atoms with Crippen molar-refractivity contribution in [3.05, 3.63) is 22.4 Å². The van der Waals surface area contributed by atoms with Gasteiger partial charge in [-0.25, -0.2) is 0 Å². The van der Waals surface area contributed by atoms with E-state index in [1.807, 2.05) is 17.5 Å². The third kappa shape index (κ3) is 3.60. The summed E-state index contributed by atoms with van der Waals surface area (Å²) in [5.74, 6) is -0.213. The molecule has 1 heterocycles. The van der Waals surface area contributed by atoms with Gasteiger partial charge >= 0.3 is 5.97 Å². The molecule has 0 radical (unpaired) electrons. The molecular formula is C15H21NO3S. The molecule has 1 aliphatic rings. The van der Waals surface area contributed by atoms with Crippen LogP contribution >= 0.6 is 11.3 Å². The van der Waals surface area contributed by atoms with Crippen LogP contribution in [-0.2, 0) is 20.7 Å². The van der Waals surface area contributed by atoms with Crippen LogP contribution in [0.4, 0.5) is 0 Å². The van der Waals surface area contributed by atoms with E-state index in [1.165, 1.54) is 7.11 Å². The Morgan fingerprint density at radius 2 is 2.10 bits per heavy atom. The van der Waals surface area contributed by atoms with Crippen LogP contribution in [0.5, 0.6) is 0 Å². The maximum absolute atomic E-state index is 12.0. The number of esters is 1. The summed E-state index contributed by atoms with van der Waals surface area (Å²) in [6, 6.07) is 3.88. The highest BCUT2D eigenvalue weighted by Gasteiger charge is 2.40. The molecule has 1 saturated carbocycles. The van der Waals surface area contributed by atoms with Crippen LogP contribution in [0.2, 0.25) is 0 Å². The molecule has 0 spiro atoms. The second-order valence-electron chi connectivity index (χ2n) is 5.37. The van der Waals surface area contributed by atoms with Gasteiger partial charge in [0.1, 0.15) is 0 Å². The summed E-state index contributed by atoms with van der Waals surface area (Å²) in [4.78, 5) is 25.0. The fourth-order valence-corrected chi connectivity index (χ4v) is 3.50. The van der Waals surface area contributed by atoms with E-state index in [9.17, 15) is 9.59 Å². The Kier molecular flexibility index (Phi) is 5.17. The molecule has 1 aromatic rings. The Bertz CT molecular complexity index is 450. The number of carbonyl (C=O) groups is 2. The average Bonchev–Trinajstić information content (AvgIpc) is 2.98. The quantitative estimate of drug-likeness (QED) is 0.849. The summed E-state index contributed by atoms with van der Waals surface area (Å²) in [6.45, 7) is 0.393. The second kappa shape index (κ2) is 6.88. The smallest absolute Gasteiger partial charge is 0.313 e. The standard InChI is InChI=1S/C15H21NO3S/c1-19-14(18)15(7-3-2-4-8-15)11-16-13(17)10-12-6-5-9-20-12/h5-6,9H,2-4,7-8,10-11H2,1H3,(H,16,17). The molecule has 1 fully saturated rings. The molecule has 1 aliphatic carbocycles. The van der Waals surface area contributed by atoms with Crippen molar-refractivity contribution < 1.29 is 14.3 Å². The van der Waals surface area contributed by atoms with E-state index in [1.54, 1.807) is 11.3 Å². The number of hydrogen-bond acceptors (Lipinski definition) is 4. The molecule has 0 aromatic carbocycles. The largest absolute Gasteiger partial charge is 0.469 e. The SMILES string of the molecule is COC(=O)C1(CNC(=O)Cc2cccs2)CCCCC1. The van der Waals surface area contributed by atoms with Crippen molar-refractivity contribution in [1.82, 2.24) is 5.32 Å². The highest BCUT2D eigenvalue weighted by Crippen LogP contribution is 2.36. The maximum Gasteiger partial charge on any atom is 0.313 e. The predicted molar refractivity (Wildman–Crippen MR) is 78.6 cm³/mol. The van der Waals surface area contributed by atoms with Crippen LogP contribution in [0.25, 0.3) is 0 Å². The third-order valence-electron chi connectivity index (χ3n) is 3.97. The Morgan fingerprint density at radius 3 is 2.70 bits per heavy atom. The first-order valence-corrected chi connectivity index (χ1v) is 7.92. The lowest BCUT2D eigenvalue weighted by molar-refractivity contribution is -0.154. The summed E-state index contributed by atoms with van der Waals surface area (Å²) >= 11 is 1.57. The zero-order valence-electron chi connectivity index (χ0n) is 11.8. The summed E-state index contributed by atoms with van der Waals surface area (Å²) in [6.07, 6.45) is 5.19. The lowest BCUT2D eigenvalue weighted by Crippen LogP contribution is -2.45. The van der Waals surface area contributed by atoms with E-state index in [-0.39, 0.29) is 11.9 Å². The average molecular weight is 295 g/mol. The van der Waals surface area contributed by atoms with Crippen molar-refractivity contribution in [3.8, 4) is 0 Å². The fourth-order valence-electron chi connectivity index (χ4n) is 2.80. The molecule has 1 amide bonds. The van der Waals surface area contributed by atoms with Crippen LogP contribution in [0, 0.1) is 5.41 Å². The first kappa shape index (κ1) is 15.0. The molecule has 5 heteroatoms. The summed E-state index contributed by atoms with van der Waals surface area (Å²) < 4.78 is 4.94. The van der Waals surface area contributed by atoms with Crippen molar-refractivity contribution in [3.63, 3.8) is 0 Å². The first-order chi connectivity index (χ1) is 9.66. The molecular weight excluding hydrogens is 274 g/mol. The Labute approximate surface area is 123 Å². The number of nitrogens with one attached hydrogen (secondary N) is 1. The number of thiophene rings is 1. The van der Waals surface area contributed by atoms with E-state index in [2.05, 4.69) is 5.32 Å². The van der Waals surface area contributed by atoms with E-state index in [0.717, 1.165) is 37.0 Å². The summed E-state index contributed by atoms with van der Waals surface area (Å²) in [5.41, 5.74) is -0.516. The highest BCUT2D eigenvalue weighted by atomic mass is 32.1. The number of rotatable bonds is 5. The minimum absolute atomic E-state index is 0.0266. The Balaban J connectivity index is 1.91. The van der Waals surface area contributed by atoms with Gasteiger partial charge in [0.15, 0.2) is 0 Å². The van der Waals surface area contributed by atoms with Gasteiger partial charge in [-0.2, -0.15) is 0 Å². The van der Waals surface area contributed by atoms with Gasteiger partial charge in [-0.15, -0.1) is 11.3 Å². The van der Waals surface area contributed by atoms with Crippen LogP contribution in [0.1, 0.15) is 37.0 Å². The number of methoxy groups -OCH3 is 1. The van der Waals surface area contributed by atoms with Gasteiger partial charge in [0.2, 0.25) is 5.91 Å². The Hall–Kier alpha value is -1.36. The van der Waals surface area contributed by atoms with Gasteiger partial charge in [0.05, 0.1) is 18.9 Å². The zero-order valence-corrected chi connectivity index (χ0v) is 12.6. The lowest BCUT2D eigenvalue weighted by Gasteiger charge is -2.34. The van der Waals surface area contributed by atoms with E-state index in [4.69, 9.17) is 4.74 Å². The Morgan fingerprint density at radius 1 is 1.35 bits per heavy atom. The molecule has 110 valence electrons. The zero-order chi connectivity index (χ0) is 14.4. The van der Waals surface area contributed by atoms with Crippen LogP contribution in [-0.4, -0.2) is 25.5 Å². The maximum atomic E-state index is 12.0. The van der Waals surface area contributed by atoms with Crippen molar-refractivity contribution in [2.24, 2.45) is 5.41 Å². The molecule has 0 atom stereocenters. The minimum atomic E-state index is -0.516. The van der Waals surface area contributed by atoms with Crippen molar-refractivity contribution in [1.29, 1.82) is 0 Å². The van der Waals surface area contributed by atoms with E-state index < -0.39 is 5.41 Å². The molecule has 1 N–H and O–H groups in total. The van der Waals surface area contributed by atoms with Crippen LogP contribution < -0.4 is 5.32 Å². The van der Waals surface area contributed by atoms with Crippen molar-refractivity contribution in [2.45, 2.75) is 38.5 Å². The van der Waals surface area contributed by atoms with Crippen LogP contribution in [0.3, 0.4) is 0 Å². The number of ether oxygens (including phenoxy) is 1. The molecule has 0 unspecified atom stereocenters. The van der Waals surface area contributed by atoms with Gasteiger partial charge in [-0.05, 0) is 24.3 Å². The van der Waals surface area contributed by atoms with E-state index >= 15 is 0 Å². The van der Waals surface area contributed by atoms with E-state index in [0.29, 0.717) is 13.0 Å². The topological polar surface area (TPSA) is 55.4 Å².